The lowest BCUT2D eigenvalue weighted by Crippen LogP contribution is -2.54. The van der Waals surface area contributed by atoms with Crippen LogP contribution in [0.25, 0.3) is 0 Å². The third-order valence-electron chi connectivity index (χ3n) is 4.95. The van der Waals surface area contributed by atoms with Crippen LogP contribution in [0.5, 0.6) is 0 Å². The highest BCUT2D eigenvalue weighted by molar-refractivity contribution is 7.36. The van der Waals surface area contributed by atoms with Crippen LogP contribution in [-0.4, -0.2) is 21.8 Å². The smallest absolute Gasteiger partial charge is 0.160 e. The van der Waals surface area contributed by atoms with E-state index in [0.717, 1.165) is 6.42 Å². The Hall–Kier alpha value is -0.156. The minimum Gasteiger partial charge on any atom is -0.332 e. The summed E-state index contributed by atoms with van der Waals surface area (Å²) in [5, 5.41) is 1.92. The van der Waals surface area contributed by atoms with Crippen LogP contribution in [0, 0.1) is 0 Å². The first-order valence-corrected chi connectivity index (χ1v) is 13.5. The molecule has 1 rings (SSSR count). The first-order valence-electron chi connectivity index (χ1n) is 7.94. The maximum atomic E-state index is 5.32. The molecule has 0 radical (unpaired) electrons. The van der Waals surface area contributed by atoms with Crippen LogP contribution in [0.4, 0.5) is 0 Å². The zero-order valence-corrected chi connectivity index (χ0v) is 15.4. The molecule has 1 nitrogen and oxygen atoms in total. The van der Waals surface area contributed by atoms with Crippen molar-refractivity contribution in [2.24, 2.45) is 4.66 Å². The first-order chi connectivity index (χ1) is 8.64. The second-order valence-electron chi connectivity index (χ2n) is 5.38. The fourth-order valence-corrected chi connectivity index (χ4v) is 19.0. The van der Waals surface area contributed by atoms with Gasteiger partial charge in [-0.3, -0.25) is 0 Å². The van der Waals surface area contributed by atoms with Crippen molar-refractivity contribution in [3.63, 3.8) is 0 Å². The Morgan fingerprint density at radius 3 is 1.83 bits per heavy atom. The molecule has 0 aromatic carbocycles. The summed E-state index contributed by atoms with van der Waals surface area (Å²) in [6, 6.07) is 4.24. The topological polar surface area (TPSA) is 12.4 Å². The van der Waals surface area contributed by atoms with E-state index < -0.39 is 16.1 Å². The van der Waals surface area contributed by atoms with Crippen molar-refractivity contribution in [1.82, 2.24) is 0 Å². The van der Waals surface area contributed by atoms with E-state index in [1.165, 1.54) is 36.7 Å². The third kappa shape index (κ3) is 2.44. The van der Waals surface area contributed by atoms with Gasteiger partial charge in [-0.05, 0) is 30.9 Å². The van der Waals surface area contributed by atoms with Crippen molar-refractivity contribution in [1.29, 1.82) is 0 Å². The van der Waals surface area contributed by atoms with Gasteiger partial charge in [0.1, 0.15) is 0 Å². The monoisotopic (exact) mass is 281 g/mol. The van der Waals surface area contributed by atoms with Crippen LogP contribution in [0.2, 0.25) is 18.1 Å². The number of hydrogen-bond acceptors (Lipinski definition) is 1. The Kier molecular flexibility index (Phi) is 6.05. The molecule has 18 heavy (non-hydrogen) atoms. The zero-order chi connectivity index (χ0) is 13.8. The lowest BCUT2D eigenvalue weighted by atomic mass is 10.0. The van der Waals surface area contributed by atoms with Crippen LogP contribution < -0.4 is 0 Å². The van der Waals surface area contributed by atoms with Crippen molar-refractivity contribution < 1.29 is 0 Å². The van der Waals surface area contributed by atoms with E-state index in [9.17, 15) is 0 Å². The van der Waals surface area contributed by atoms with Gasteiger partial charge in [0.25, 0.3) is 0 Å². The first kappa shape index (κ1) is 15.9. The highest BCUT2D eigenvalue weighted by Crippen LogP contribution is 2.38. The van der Waals surface area contributed by atoms with Gasteiger partial charge in [0, 0.05) is 5.71 Å². The van der Waals surface area contributed by atoms with E-state index in [1.54, 1.807) is 5.57 Å². The molecule has 0 aromatic heterocycles. The van der Waals surface area contributed by atoms with Gasteiger partial charge in [-0.1, -0.05) is 58.8 Å². The molecule has 104 valence electrons. The molecule has 0 saturated heterocycles. The van der Waals surface area contributed by atoms with Gasteiger partial charge in [0.2, 0.25) is 0 Å². The molecule has 3 heteroatoms. The quantitative estimate of drug-likeness (QED) is 0.619. The molecule has 0 fully saturated rings. The van der Waals surface area contributed by atoms with Crippen LogP contribution in [-0.2, 0) is 0 Å². The summed E-state index contributed by atoms with van der Waals surface area (Å²) >= 11 is 0. The summed E-state index contributed by atoms with van der Waals surface area (Å²) in [6.07, 6.45) is 3.64. The van der Waals surface area contributed by atoms with E-state index in [2.05, 4.69) is 41.5 Å². The lowest BCUT2D eigenvalue weighted by Gasteiger charge is -2.42. The molecule has 0 spiro atoms. The van der Waals surface area contributed by atoms with Crippen molar-refractivity contribution in [3.8, 4) is 0 Å². The Labute approximate surface area is 116 Å². The summed E-state index contributed by atoms with van der Waals surface area (Å²) < 4.78 is 5.32. The number of allylic oxidation sites excluding steroid dienone is 2. The van der Waals surface area contributed by atoms with Gasteiger partial charge in [-0.25, -0.2) is 0 Å². The second-order valence-corrected chi connectivity index (χ2v) is 17.1. The summed E-state index contributed by atoms with van der Waals surface area (Å²) in [5.41, 5.74) is 3.16. The Morgan fingerprint density at radius 1 is 0.889 bits per heavy atom. The fourth-order valence-electron chi connectivity index (χ4n) is 3.98. The molecule has 0 bridgehead atoms. The predicted octanol–water partition coefficient (Wildman–Crippen LogP) is 4.82. The summed E-state index contributed by atoms with van der Waals surface area (Å²) in [7, 11) is -2.09. The number of rotatable bonds is 6. The van der Waals surface area contributed by atoms with Gasteiger partial charge >= 0.3 is 0 Å². The molecule has 1 aliphatic heterocycles. The average molecular weight is 282 g/mol. The van der Waals surface area contributed by atoms with Crippen molar-refractivity contribution in [3.05, 3.63) is 10.8 Å². The Balaban J connectivity index is 3.41. The number of hydrogen-bond donors (Lipinski definition) is 0. The Bertz CT molecular complexity index is 340. The van der Waals surface area contributed by atoms with Gasteiger partial charge in [-0.15, -0.1) is 0 Å². The van der Waals surface area contributed by atoms with Crippen LogP contribution in [0.15, 0.2) is 15.4 Å². The zero-order valence-electron chi connectivity index (χ0n) is 13.3. The van der Waals surface area contributed by atoms with Gasteiger partial charge in [0.05, 0.1) is 7.59 Å². The lowest BCUT2D eigenvalue weighted by molar-refractivity contribution is 1.04. The highest BCUT2D eigenvalue weighted by atomic mass is 29.2. The molecular weight excluding hydrogens is 250 g/mol. The van der Waals surface area contributed by atoms with E-state index in [0.29, 0.717) is 0 Å². The molecule has 1 aliphatic rings. The highest BCUT2D eigenvalue weighted by Gasteiger charge is 2.45. The SMILES string of the molecule is CCC1=N[SiH](CC)[Si](CC)(CC)C(CC)=C1CC. The summed E-state index contributed by atoms with van der Waals surface area (Å²) in [6.45, 7) is 14.3. The molecule has 0 saturated carbocycles. The van der Waals surface area contributed by atoms with Crippen LogP contribution >= 0.6 is 0 Å². The normalized spacial score (nSPS) is 23.2. The average Bonchev–Trinajstić information content (AvgIpc) is 2.44. The minimum absolute atomic E-state index is 0.891. The van der Waals surface area contributed by atoms with Crippen LogP contribution in [0.1, 0.15) is 60.8 Å². The number of nitrogens with zero attached hydrogens (tertiary/aromatic N) is 1. The minimum atomic E-state index is -1.20. The van der Waals surface area contributed by atoms with E-state index in [4.69, 9.17) is 4.66 Å². The molecule has 1 atom stereocenters. The standard InChI is InChI=1S/C15H31NSi2/c1-7-13-14(8-2)16-17(10-4)18(11-5,12-6)15(13)9-3/h17H,7-12H2,1-6H3. The second kappa shape index (κ2) is 6.85. The van der Waals surface area contributed by atoms with Gasteiger partial charge in [0.15, 0.2) is 8.48 Å². The molecule has 1 heterocycles. The molecule has 0 aliphatic carbocycles. The van der Waals surface area contributed by atoms with Gasteiger partial charge in [-0.2, -0.15) is 0 Å². The fraction of sp³-hybridized carbons (Fsp3) is 0.800. The van der Waals surface area contributed by atoms with E-state index >= 15 is 0 Å². The third-order valence-corrected chi connectivity index (χ3v) is 20.9. The van der Waals surface area contributed by atoms with Crippen molar-refractivity contribution >= 4 is 21.8 Å². The van der Waals surface area contributed by atoms with Crippen molar-refractivity contribution in [2.75, 3.05) is 0 Å². The van der Waals surface area contributed by atoms with Gasteiger partial charge < -0.3 is 4.66 Å². The molecule has 0 N–H and O–H groups in total. The molecular formula is C15H31NSi2. The Morgan fingerprint density at radius 2 is 1.50 bits per heavy atom. The van der Waals surface area contributed by atoms with Crippen molar-refractivity contribution in [2.45, 2.75) is 78.9 Å². The summed E-state index contributed by atoms with van der Waals surface area (Å²) in [5.74, 6) is 0. The largest absolute Gasteiger partial charge is 0.332 e. The van der Waals surface area contributed by atoms with E-state index in [-0.39, 0.29) is 0 Å². The molecule has 0 aromatic rings. The van der Waals surface area contributed by atoms with Crippen LogP contribution in [0.3, 0.4) is 0 Å². The maximum Gasteiger partial charge on any atom is 0.160 e. The molecule has 1 unspecified atom stereocenters. The van der Waals surface area contributed by atoms with E-state index in [1.807, 2.05) is 5.20 Å². The predicted molar refractivity (Wildman–Crippen MR) is 89.7 cm³/mol. The summed E-state index contributed by atoms with van der Waals surface area (Å²) in [4.78, 5) is 0. The maximum absolute atomic E-state index is 5.32. The molecule has 0 amide bonds.